The number of methoxy groups -OCH3 is 2. The Morgan fingerprint density at radius 3 is 1.61 bits per heavy atom. The van der Waals surface area contributed by atoms with Crippen LogP contribution in [0.2, 0.25) is 0 Å². The highest BCUT2D eigenvalue weighted by atomic mass is 79.9. The highest BCUT2D eigenvalue weighted by Crippen LogP contribution is 2.20. The molecular formula is C30H38BBrN4O8. The third-order valence-electron chi connectivity index (χ3n) is 5.65. The molecule has 2 heterocycles. The summed E-state index contributed by atoms with van der Waals surface area (Å²) in [6, 6.07) is 13.1. The van der Waals surface area contributed by atoms with Gasteiger partial charge in [-0.15, -0.1) is 0 Å². The second-order valence-corrected chi connectivity index (χ2v) is 9.01. The van der Waals surface area contributed by atoms with Gasteiger partial charge in [-0.05, 0) is 35.2 Å². The Kier molecular flexibility index (Phi) is 17.8. The number of rotatable bonds is 8. The lowest BCUT2D eigenvalue weighted by Crippen LogP contribution is -2.29. The number of aromatic nitrogens is 4. The third-order valence-corrected chi connectivity index (χ3v) is 6.28. The number of carbonyl (C=O) groups excluding carboxylic acids is 4. The Bertz CT molecular complexity index is 1490. The summed E-state index contributed by atoms with van der Waals surface area (Å²) in [5, 5.41) is 17.3. The van der Waals surface area contributed by atoms with Crippen molar-refractivity contribution in [3.8, 4) is 11.4 Å². The number of esters is 2. The van der Waals surface area contributed by atoms with Gasteiger partial charge in [0.05, 0.1) is 14.2 Å². The molecule has 0 saturated carbocycles. The molecule has 0 aliphatic heterocycles. The van der Waals surface area contributed by atoms with Gasteiger partial charge in [0.15, 0.2) is 16.1 Å². The van der Waals surface area contributed by atoms with Crippen LogP contribution < -0.4 is 5.46 Å². The molecular weight excluding hydrogens is 635 g/mol. The lowest BCUT2D eigenvalue weighted by molar-refractivity contribution is 0.0585. The van der Waals surface area contributed by atoms with Gasteiger partial charge in [0.2, 0.25) is 0 Å². The molecule has 4 aromatic rings. The summed E-state index contributed by atoms with van der Waals surface area (Å²) in [4.78, 5) is 51.5. The van der Waals surface area contributed by atoms with E-state index in [2.05, 4.69) is 35.4 Å². The molecule has 0 radical (unpaired) electrons. The molecule has 4 rings (SSSR count). The van der Waals surface area contributed by atoms with E-state index in [1.807, 2.05) is 23.0 Å². The third kappa shape index (κ3) is 11.0. The summed E-state index contributed by atoms with van der Waals surface area (Å²) in [7, 11) is 1.20. The molecule has 2 N–H and O–H groups in total. The van der Waals surface area contributed by atoms with Crippen molar-refractivity contribution in [3.05, 3.63) is 88.2 Å². The largest absolute Gasteiger partial charge is 0.488 e. The van der Waals surface area contributed by atoms with Gasteiger partial charge in [-0.3, -0.25) is 9.59 Å². The van der Waals surface area contributed by atoms with Gasteiger partial charge >= 0.3 is 19.1 Å². The van der Waals surface area contributed by atoms with Crippen LogP contribution in [0.4, 0.5) is 0 Å². The van der Waals surface area contributed by atoms with E-state index >= 15 is 0 Å². The van der Waals surface area contributed by atoms with Crippen molar-refractivity contribution in [2.45, 2.75) is 41.8 Å². The fourth-order valence-electron chi connectivity index (χ4n) is 3.37. The Labute approximate surface area is 266 Å². The van der Waals surface area contributed by atoms with E-state index in [9.17, 15) is 19.2 Å². The zero-order valence-corrected chi connectivity index (χ0v) is 25.0. The van der Waals surface area contributed by atoms with Crippen LogP contribution in [0.15, 0.2) is 65.7 Å². The average Bonchev–Trinajstić information content (AvgIpc) is 3.64. The maximum atomic E-state index is 11.5. The van der Waals surface area contributed by atoms with Crippen molar-refractivity contribution in [2.24, 2.45) is 0 Å². The number of nitrogens with zero attached hydrogens (tertiary/aromatic N) is 4. The molecule has 0 fully saturated rings. The first kappa shape index (κ1) is 39.6. The van der Waals surface area contributed by atoms with Gasteiger partial charge in [-0.2, -0.15) is 0 Å². The molecule has 0 atom stereocenters. The number of hydrogen-bond donors (Lipinski definition) is 2. The Morgan fingerprint density at radius 2 is 1.23 bits per heavy atom. The maximum absolute atomic E-state index is 11.5. The molecule has 0 bridgehead atoms. The lowest BCUT2D eigenvalue weighted by Gasteiger charge is -2.04. The summed E-state index contributed by atoms with van der Waals surface area (Å²) in [6.07, 6.45) is 4.80. The van der Waals surface area contributed by atoms with Crippen molar-refractivity contribution in [1.29, 1.82) is 0 Å². The lowest BCUT2D eigenvalue weighted by atomic mass is 9.80. The molecule has 0 aliphatic carbocycles. The van der Waals surface area contributed by atoms with Crippen molar-refractivity contribution in [1.82, 2.24) is 19.1 Å². The predicted octanol–water partition coefficient (Wildman–Crippen LogP) is 4.07. The summed E-state index contributed by atoms with van der Waals surface area (Å²) >= 11 is 3.22. The fraction of sp³-hybridized carbons (Fsp3) is 0.267. The van der Waals surface area contributed by atoms with Crippen molar-refractivity contribution in [3.63, 3.8) is 0 Å². The van der Waals surface area contributed by atoms with E-state index in [0.29, 0.717) is 45.7 Å². The van der Waals surface area contributed by atoms with E-state index in [1.165, 1.54) is 38.5 Å². The normalized spacial score (nSPS) is 9.43. The molecule has 12 nitrogen and oxygen atoms in total. The van der Waals surface area contributed by atoms with Crippen LogP contribution in [0.5, 0.6) is 0 Å². The second-order valence-electron chi connectivity index (χ2n) is 8.30. The zero-order chi connectivity index (χ0) is 31.2. The number of benzene rings is 2. The fourth-order valence-corrected chi connectivity index (χ4v) is 3.91. The maximum Gasteiger partial charge on any atom is 0.488 e. The van der Waals surface area contributed by atoms with E-state index in [-0.39, 0.29) is 20.5 Å². The van der Waals surface area contributed by atoms with Crippen molar-refractivity contribution in [2.75, 3.05) is 14.2 Å². The standard InChI is InChI=1S/C14H14N2O3.C7H7BO3.C7H9BrN2O2.2CH4/c1-3-16-8-12(14(18)19-2)15-13(16)11-6-4-10(9-17)5-7-11;9-5-6-1-3-7(4-2-6)8(10)11;1-3-10-4-5(6(11)12-2)9-7(10)8;;/h4-9H,3H2,1-2H3;1-5,10-11H;4H,3H2,1-2H3;2*1H4. The van der Waals surface area contributed by atoms with Crippen LogP contribution in [0.1, 0.15) is 70.4 Å². The number of aryl methyl sites for hydroxylation is 2. The van der Waals surface area contributed by atoms with Crippen molar-refractivity contribution < 1.29 is 38.7 Å². The van der Waals surface area contributed by atoms with Gasteiger partial charge in [0.1, 0.15) is 18.4 Å². The molecule has 2 aromatic carbocycles. The Balaban J connectivity index is 0.000000649. The van der Waals surface area contributed by atoms with Crippen LogP contribution in [0.25, 0.3) is 11.4 Å². The summed E-state index contributed by atoms with van der Waals surface area (Å²) < 4.78 is 13.5. The van der Waals surface area contributed by atoms with Crippen LogP contribution in [0, 0.1) is 0 Å². The van der Waals surface area contributed by atoms with Gasteiger partial charge in [0.25, 0.3) is 0 Å². The Morgan fingerprint density at radius 1 is 0.795 bits per heavy atom. The molecule has 44 heavy (non-hydrogen) atoms. The highest BCUT2D eigenvalue weighted by Gasteiger charge is 2.15. The molecule has 0 spiro atoms. The SMILES string of the molecule is C.C.CCn1cc(C(=O)OC)nc1-c1ccc(C=O)cc1.CCn1cc(C(=O)OC)nc1Br.O=Cc1ccc(B(O)O)cc1. The smallest absolute Gasteiger partial charge is 0.464 e. The number of ether oxygens (including phenoxy) is 2. The molecule has 236 valence electrons. The molecule has 0 aliphatic rings. The summed E-state index contributed by atoms with van der Waals surface area (Å²) in [6.45, 7) is 5.39. The number of aldehydes is 2. The number of carbonyl (C=O) groups is 4. The van der Waals surface area contributed by atoms with Crippen molar-refractivity contribution >= 4 is 53.0 Å². The minimum atomic E-state index is -1.46. The van der Waals surface area contributed by atoms with Gasteiger partial charge in [-0.25, -0.2) is 19.6 Å². The topological polar surface area (TPSA) is 163 Å². The van der Waals surface area contributed by atoms with E-state index in [1.54, 1.807) is 36.7 Å². The summed E-state index contributed by atoms with van der Waals surface area (Å²) in [5.74, 6) is -0.193. The average molecular weight is 673 g/mol. The quantitative estimate of drug-likeness (QED) is 0.158. The highest BCUT2D eigenvalue weighted by molar-refractivity contribution is 9.10. The first-order valence-corrected chi connectivity index (χ1v) is 13.3. The van der Waals surface area contributed by atoms with Gasteiger partial charge in [0, 0.05) is 42.2 Å². The van der Waals surface area contributed by atoms with Crippen LogP contribution in [-0.2, 0) is 22.6 Å². The van der Waals surface area contributed by atoms with Crippen LogP contribution in [-0.4, -0.2) is 75.0 Å². The monoisotopic (exact) mass is 672 g/mol. The second kappa shape index (κ2) is 19.7. The van der Waals surface area contributed by atoms with Gasteiger partial charge < -0.3 is 28.7 Å². The van der Waals surface area contributed by atoms with Crippen LogP contribution in [0.3, 0.4) is 0 Å². The van der Waals surface area contributed by atoms with E-state index < -0.39 is 19.1 Å². The Hall–Kier alpha value is -4.40. The first-order valence-electron chi connectivity index (χ1n) is 12.6. The minimum absolute atomic E-state index is 0. The number of hydrogen-bond acceptors (Lipinski definition) is 10. The molecule has 0 saturated heterocycles. The zero-order valence-electron chi connectivity index (χ0n) is 23.4. The van der Waals surface area contributed by atoms with E-state index in [4.69, 9.17) is 10.0 Å². The van der Waals surface area contributed by atoms with Crippen LogP contribution >= 0.6 is 15.9 Å². The predicted molar refractivity (Wildman–Crippen MR) is 172 cm³/mol. The number of halogens is 1. The molecule has 0 amide bonds. The number of imidazole rings is 2. The molecule has 2 aromatic heterocycles. The van der Waals surface area contributed by atoms with Gasteiger partial charge in [-0.1, -0.05) is 63.4 Å². The van der Waals surface area contributed by atoms with E-state index in [0.717, 1.165) is 18.4 Å². The minimum Gasteiger partial charge on any atom is -0.464 e. The first-order chi connectivity index (χ1) is 20.1. The molecule has 0 unspecified atom stereocenters. The summed E-state index contributed by atoms with van der Waals surface area (Å²) in [5.41, 5.74) is 2.96. The molecule has 14 heteroatoms.